The minimum absolute atomic E-state index is 0.0749. The lowest BCUT2D eigenvalue weighted by molar-refractivity contribution is -0.267. The molecule has 1 aromatic carbocycles. The molecule has 1 aromatic rings. The van der Waals surface area contributed by atoms with E-state index in [0.717, 1.165) is 12.1 Å². The van der Waals surface area contributed by atoms with Crippen LogP contribution in [0.1, 0.15) is 18.4 Å². The third kappa shape index (κ3) is 3.90. The number of hydrogen-bond acceptors (Lipinski definition) is 4. The number of alkyl halides is 3. The molecule has 0 saturated carbocycles. The monoisotopic (exact) mass is 384 g/mol. The van der Waals surface area contributed by atoms with E-state index in [1.54, 1.807) is 0 Å². The average molecular weight is 385 g/mol. The summed E-state index contributed by atoms with van der Waals surface area (Å²) < 4.78 is 56.2. The third-order valence-electron chi connectivity index (χ3n) is 3.89. The highest BCUT2D eigenvalue weighted by Gasteiger charge is 2.54. The molecule has 1 aliphatic rings. The van der Waals surface area contributed by atoms with E-state index in [1.807, 2.05) is 0 Å². The van der Waals surface area contributed by atoms with E-state index in [9.17, 15) is 27.3 Å². The summed E-state index contributed by atoms with van der Waals surface area (Å²) >= 11 is 5.65. The maximum atomic E-state index is 13.4. The van der Waals surface area contributed by atoms with Crippen molar-refractivity contribution in [1.82, 2.24) is 0 Å². The van der Waals surface area contributed by atoms with Crippen LogP contribution in [0.5, 0.6) is 0 Å². The van der Waals surface area contributed by atoms with Gasteiger partial charge in [-0.05, 0) is 24.1 Å². The summed E-state index contributed by atoms with van der Waals surface area (Å²) in [5.41, 5.74) is 1.82. The predicted octanol–water partition coefficient (Wildman–Crippen LogP) is 2.21. The van der Waals surface area contributed by atoms with E-state index >= 15 is 0 Å². The third-order valence-corrected chi connectivity index (χ3v) is 6.38. The minimum atomic E-state index is -4.99. The Bertz CT molecular complexity index is 745. The maximum absolute atomic E-state index is 13.4. The van der Waals surface area contributed by atoms with Crippen molar-refractivity contribution in [2.24, 2.45) is 10.1 Å². The smallest absolute Gasteiger partial charge is 0.376 e. The molecule has 0 aliphatic carbocycles. The van der Waals surface area contributed by atoms with Crippen LogP contribution in [0, 0.1) is 0 Å². The lowest BCUT2D eigenvalue weighted by Crippen LogP contribution is -2.44. The predicted molar refractivity (Wildman–Crippen MR) is 83.9 cm³/mol. The Hall–Kier alpha value is -1.16. The van der Waals surface area contributed by atoms with Crippen molar-refractivity contribution >= 4 is 27.2 Å². The first kappa shape index (κ1) is 19.2. The molecule has 0 spiro atoms. The topological polar surface area (TPSA) is 92.8 Å². The van der Waals surface area contributed by atoms with E-state index in [1.165, 1.54) is 12.1 Å². The number of benzene rings is 1. The molecule has 5 nitrogen and oxygen atoms in total. The number of hydrogen-bond donors (Lipinski definition) is 2. The van der Waals surface area contributed by atoms with Crippen molar-refractivity contribution in [1.29, 1.82) is 0 Å². The second-order valence-corrected chi connectivity index (χ2v) is 8.60. The quantitative estimate of drug-likeness (QED) is 0.832. The number of nitrogens with zero attached hydrogens (tertiary/aromatic N) is 1. The molecule has 0 saturated heterocycles. The normalized spacial score (nSPS) is 27.4. The molecule has 0 fully saturated rings. The molecule has 2 rings (SSSR count). The highest BCUT2D eigenvalue weighted by atomic mass is 35.5. The molecular weight excluding hydrogens is 369 g/mol. The Balaban J connectivity index is 2.31. The Morgan fingerprint density at radius 2 is 1.92 bits per heavy atom. The van der Waals surface area contributed by atoms with Gasteiger partial charge < -0.3 is 10.8 Å². The van der Waals surface area contributed by atoms with E-state index in [4.69, 9.17) is 17.3 Å². The lowest BCUT2D eigenvalue weighted by Gasteiger charge is -2.32. The Labute approximate surface area is 142 Å². The summed E-state index contributed by atoms with van der Waals surface area (Å²) in [6.45, 7) is 0. The van der Waals surface area contributed by atoms with Gasteiger partial charge in [0.15, 0.2) is 5.60 Å². The van der Waals surface area contributed by atoms with Crippen molar-refractivity contribution in [3.63, 3.8) is 0 Å². The van der Waals surface area contributed by atoms with Gasteiger partial charge in [-0.25, -0.2) is 4.21 Å². The molecule has 134 valence electrons. The summed E-state index contributed by atoms with van der Waals surface area (Å²) in [5, 5.41) is 10.4. The van der Waals surface area contributed by atoms with Gasteiger partial charge in [0.1, 0.15) is 0 Å². The molecule has 3 unspecified atom stereocenters. The molecule has 10 heteroatoms. The second kappa shape index (κ2) is 6.62. The van der Waals surface area contributed by atoms with Gasteiger partial charge in [-0.1, -0.05) is 23.7 Å². The Kier molecular flexibility index (Phi) is 5.29. The number of rotatable bonds is 4. The molecule has 24 heavy (non-hydrogen) atoms. The zero-order valence-corrected chi connectivity index (χ0v) is 14.0. The van der Waals surface area contributed by atoms with Crippen LogP contribution in [0.15, 0.2) is 28.6 Å². The van der Waals surface area contributed by atoms with Crippen LogP contribution in [0.2, 0.25) is 5.02 Å². The van der Waals surface area contributed by atoms with Crippen LogP contribution in [-0.2, 0) is 20.1 Å². The fourth-order valence-electron chi connectivity index (χ4n) is 2.34. The maximum Gasteiger partial charge on any atom is 0.421 e. The molecule has 0 radical (unpaired) electrons. The lowest BCUT2D eigenvalue weighted by atomic mass is 9.90. The molecule has 1 aliphatic heterocycles. The van der Waals surface area contributed by atoms with Gasteiger partial charge in [0, 0.05) is 22.9 Å². The number of carbonyl (C=O) groups is 1. The van der Waals surface area contributed by atoms with E-state index in [-0.39, 0.29) is 17.2 Å². The first-order chi connectivity index (χ1) is 11.0. The molecular formula is C14H16ClF3N2O3S. The SMILES string of the molecule is NC1CCS(=O)(CCC(O)(c2ccc(Cl)cc2)C(F)(F)F)=NC1=O. The fraction of sp³-hybridized carbons (Fsp3) is 0.500. The Morgan fingerprint density at radius 3 is 2.42 bits per heavy atom. The first-order valence-corrected chi connectivity index (χ1v) is 9.27. The first-order valence-electron chi connectivity index (χ1n) is 7.04. The van der Waals surface area contributed by atoms with Crippen LogP contribution in [0.3, 0.4) is 0 Å². The summed E-state index contributed by atoms with van der Waals surface area (Å²) in [7, 11) is -3.17. The van der Waals surface area contributed by atoms with Gasteiger partial charge in [0.05, 0.1) is 15.8 Å². The standard InChI is InChI=1S/C14H16ClF3N2O3S/c15-10-3-1-9(2-4-10)13(22,14(16,17)18)6-8-24(23)7-5-11(19)12(21)20-24/h1-4,11,22H,5-8,19H2. The fourth-order valence-corrected chi connectivity index (χ4v) is 4.55. The summed E-state index contributed by atoms with van der Waals surface area (Å²) in [5.74, 6) is -1.42. The second-order valence-electron chi connectivity index (χ2n) is 5.62. The number of nitrogens with two attached hydrogens (primary N) is 1. The summed E-state index contributed by atoms with van der Waals surface area (Å²) in [4.78, 5) is 11.5. The van der Waals surface area contributed by atoms with E-state index in [2.05, 4.69) is 4.36 Å². The van der Waals surface area contributed by atoms with Crippen LogP contribution < -0.4 is 5.73 Å². The van der Waals surface area contributed by atoms with Crippen LogP contribution in [-0.4, -0.2) is 38.9 Å². The highest BCUT2D eigenvalue weighted by Crippen LogP contribution is 2.42. The number of amides is 1. The minimum Gasteiger partial charge on any atom is -0.376 e. The largest absolute Gasteiger partial charge is 0.421 e. The van der Waals surface area contributed by atoms with Crippen LogP contribution >= 0.6 is 11.6 Å². The summed E-state index contributed by atoms with van der Waals surface area (Å²) in [6.07, 6.45) is -5.79. The summed E-state index contributed by atoms with van der Waals surface area (Å²) in [6, 6.07) is 3.68. The molecule has 3 atom stereocenters. The Morgan fingerprint density at radius 1 is 1.33 bits per heavy atom. The van der Waals surface area contributed by atoms with Gasteiger partial charge in [-0.3, -0.25) is 4.79 Å². The average Bonchev–Trinajstić information content (AvgIpc) is 2.49. The van der Waals surface area contributed by atoms with Gasteiger partial charge in [0.25, 0.3) is 5.91 Å². The van der Waals surface area contributed by atoms with Crippen LogP contribution in [0.25, 0.3) is 0 Å². The van der Waals surface area contributed by atoms with E-state index in [0.29, 0.717) is 0 Å². The molecule has 3 N–H and O–H groups in total. The van der Waals surface area contributed by atoms with Crippen LogP contribution in [0.4, 0.5) is 13.2 Å². The van der Waals surface area contributed by atoms with Crippen molar-refractivity contribution in [2.45, 2.75) is 30.7 Å². The highest BCUT2D eigenvalue weighted by molar-refractivity contribution is 7.93. The molecule has 0 aromatic heterocycles. The van der Waals surface area contributed by atoms with Gasteiger partial charge in [-0.15, -0.1) is 0 Å². The van der Waals surface area contributed by atoms with Crippen molar-refractivity contribution < 1.29 is 27.3 Å². The molecule has 1 heterocycles. The zero-order chi connectivity index (χ0) is 18.2. The van der Waals surface area contributed by atoms with Crippen molar-refractivity contribution in [2.75, 3.05) is 11.5 Å². The zero-order valence-electron chi connectivity index (χ0n) is 12.4. The van der Waals surface area contributed by atoms with Gasteiger partial charge in [0.2, 0.25) is 0 Å². The molecule has 1 amide bonds. The van der Waals surface area contributed by atoms with Gasteiger partial charge >= 0.3 is 6.18 Å². The van der Waals surface area contributed by atoms with Gasteiger partial charge in [-0.2, -0.15) is 17.5 Å². The van der Waals surface area contributed by atoms with Crippen molar-refractivity contribution in [3.05, 3.63) is 34.9 Å². The number of halogens is 4. The van der Waals surface area contributed by atoms with E-state index < -0.39 is 51.2 Å². The molecule has 0 bridgehead atoms. The van der Waals surface area contributed by atoms with Crippen molar-refractivity contribution in [3.8, 4) is 0 Å². The number of carbonyl (C=O) groups excluding carboxylic acids is 1. The number of aliphatic hydroxyl groups is 1.